The van der Waals surface area contributed by atoms with Crippen molar-refractivity contribution in [2.45, 2.75) is 17.9 Å². The fraction of sp³-hybridized carbons (Fsp3) is 0.300. The molecular weight excluding hydrogens is 310 g/mol. The van der Waals surface area contributed by atoms with Crippen molar-refractivity contribution in [3.63, 3.8) is 0 Å². The number of carbonyl (C=O) groups is 1. The van der Waals surface area contributed by atoms with Crippen LogP contribution in [0.4, 0.5) is 0 Å². The second-order valence-electron chi connectivity index (χ2n) is 3.32. The normalized spacial score (nSPS) is 13.1. The zero-order valence-corrected chi connectivity index (χ0v) is 11.7. The molecule has 0 radical (unpaired) electrons. The summed E-state index contributed by atoms with van der Waals surface area (Å²) in [6, 6.07) is 5.28. The van der Waals surface area contributed by atoms with Gasteiger partial charge in [0.15, 0.2) is 0 Å². The van der Waals surface area contributed by atoms with E-state index < -0.39 is 22.0 Å². The molecule has 0 fully saturated rings. The summed E-state index contributed by atoms with van der Waals surface area (Å²) in [4.78, 5) is 11.2. The predicted octanol–water partition coefficient (Wildman–Crippen LogP) is 1.29. The molecule has 5 nitrogen and oxygen atoms in total. The van der Waals surface area contributed by atoms with E-state index in [0.29, 0.717) is 4.47 Å². The van der Waals surface area contributed by atoms with Gasteiger partial charge in [-0.1, -0.05) is 22.0 Å². The zero-order valence-electron chi connectivity index (χ0n) is 9.31. The Balaban J connectivity index is 2.93. The Hall–Kier alpha value is -0.920. The van der Waals surface area contributed by atoms with Gasteiger partial charge in [0.1, 0.15) is 6.04 Å². The Morgan fingerprint density at radius 2 is 2.12 bits per heavy atom. The molecule has 1 aromatic carbocycles. The van der Waals surface area contributed by atoms with Gasteiger partial charge in [-0.15, -0.1) is 0 Å². The van der Waals surface area contributed by atoms with Crippen molar-refractivity contribution in [2.24, 2.45) is 0 Å². The van der Waals surface area contributed by atoms with E-state index in [2.05, 4.69) is 25.4 Å². The Morgan fingerprint density at radius 3 is 2.65 bits per heavy atom. The van der Waals surface area contributed by atoms with E-state index in [1.54, 1.807) is 12.1 Å². The van der Waals surface area contributed by atoms with E-state index in [1.807, 2.05) is 0 Å². The van der Waals surface area contributed by atoms with Crippen molar-refractivity contribution < 1.29 is 17.9 Å². The first-order valence-electron chi connectivity index (χ1n) is 4.72. The van der Waals surface area contributed by atoms with Crippen LogP contribution in [-0.2, 0) is 19.6 Å². The predicted molar refractivity (Wildman–Crippen MR) is 65.9 cm³/mol. The Bertz CT molecular complexity index is 515. The Morgan fingerprint density at radius 1 is 1.47 bits per heavy atom. The summed E-state index contributed by atoms with van der Waals surface area (Å²) in [6.07, 6.45) is 0. The minimum Gasteiger partial charge on any atom is -0.468 e. The number of rotatable bonds is 4. The lowest BCUT2D eigenvalue weighted by Crippen LogP contribution is -2.39. The fourth-order valence-corrected chi connectivity index (χ4v) is 2.95. The summed E-state index contributed by atoms with van der Waals surface area (Å²) in [5, 5.41) is 0. The van der Waals surface area contributed by atoms with Crippen molar-refractivity contribution in [3.05, 3.63) is 28.7 Å². The van der Waals surface area contributed by atoms with Crippen LogP contribution >= 0.6 is 15.9 Å². The van der Waals surface area contributed by atoms with E-state index in [4.69, 9.17) is 0 Å². The van der Waals surface area contributed by atoms with Crippen molar-refractivity contribution in [2.75, 3.05) is 7.11 Å². The molecule has 94 valence electrons. The maximum Gasteiger partial charge on any atom is 0.323 e. The molecule has 0 aliphatic heterocycles. The third-order valence-electron chi connectivity index (χ3n) is 1.99. The molecular formula is C10H12BrNO4S. The van der Waals surface area contributed by atoms with Crippen LogP contribution in [0.2, 0.25) is 0 Å². The molecule has 0 saturated carbocycles. The fourth-order valence-electron chi connectivity index (χ4n) is 1.16. The average molecular weight is 322 g/mol. The van der Waals surface area contributed by atoms with Gasteiger partial charge in [0.25, 0.3) is 0 Å². The summed E-state index contributed by atoms with van der Waals surface area (Å²) in [5.41, 5.74) is 0. The molecule has 0 saturated heterocycles. The number of carbonyl (C=O) groups excluding carboxylic acids is 1. The standard InChI is InChI=1S/C10H12BrNO4S/c1-7(10(13)16-2)12-17(14,15)9-5-3-4-8(11)6-9/h3-7,12H,1-2H3/t7-/m0/s1. The molecule has 0 amide bonds. The number of halogens is 1. The summed E-state index contributed by atoms with van der Waals surface area (Å²) in [7, 11) is -2.52. The van der Waals surface area contributed by atoms with Crippen LogP contribution in [0.1, 0.15) is 6.92 Å². The highest BCUT2D eigenvalue weighted by Crippen LogP contribution is 2.16. The van der Waals surface area contributed by atoms with Crippen molar-refractivity contribution in [3.8, 4) is 0 Å². The smallest absolute Gasteiger partial charge is 0.323 e. The highest BCUT2D eigenvalue weighted by atomic mass is 79.9. The quantitative estimate of drug-likeness (QED) is 0.848. The molecule has 0 aliphatic carbocycles. The van der Waals surface area contributed by atoms with Gasteiger partial charge in [0.2, 0.25) is 10.0 Å². The molecule has 17 heavy (non-hydrogen) atoms. The van der Waals surface area contributed by atoms with Crippen molar-refractivity contribution in [1.82, 2.24) is 4.72 Å². The van der Waals surface area contributed by atoms with E-state index >= 15 is 0 Å². The van der Waals surface area contributed by atoms with Crippen LogP contribution in [0.15, 0.2) is 33.6 Å². The molecule has 1 N–H and O–H groups in total. The first-order valence-corrected chi connectivity index (χ1v) is 7.00. The lowest BCUT2D eigenvalue weighted by Gasteiger charge is -2.12. The van der Waals surface area contributed by atoms with E-state index in [9.17, 15) is 13.2 Å². The molecule has 1 atom stereocenters. The minimum atomic E-state index is -3.72. The Kier molecular flexibility index (Phi) is 4.67. The molecule has 0 unspecified atom stereocenters. The number of ether oxygens (including phenoxy) is 1. The van der Waals surface area contributed by atoms with E-state index in [0.717, 1.165) is 0 Å². The third-order valence-corrected chi connectivity index (χ3v) is 4.02. The summed E-state index contributed by atoms with van der Waals surface area (Å²) in [6.45, 7) is 1.42. The lowest BCUT2D eigenvalue weighted by molar-refractivity contribution is -0.142. The minimum absolute atomic E-state index is 0.0858. The number of benzene rings is 1. The second-order valence-corrected chi connectivity index (χ2v) is 5.95. The van der Waals surface area contributed by atoms with Crippen molar-refractivity contribution >= 4 is 31.9 Å². The number of sulfonamides is 1. The van der Waals surface area contributed by atoms with Gasteiger partial charge >= 0.3 is 5.97 Å². The first-order chi connectivity index (χ1) is 7.86. The van der Waals surface area contributed by atoms with Crippen LogP contribution in [0.25, 0.3) is 0 Å². The maximum absolute atomic E-state index is 11.9. The molecule has 0 spiro atoms. The highest BCUT2D eigenvalue weighted by Gasteiger charge is 2.22. The van der Waals surface area contributed by atoms with E-state index in [1.165, 1.54) is 26.2 Å². The largest absolute Gasteiger partial charge is 0.468 e. The van der Waals surface area contributed by atoms with Crippen LogP contribution < -0.4 is 4.72 Å². The summed E-state index contributed by atoms with van der Waals surface area (Å²) in [5.74, 6) is -0.636. The van der Waals surface area contributed by atoms with Gasteiger partial charge in [-0.25, -0.2) is 8.42 Å². The van der Waals surface area contributed by atoms with Gasteiger partial charge in [0.05, 0.1) is 12.0 Å². The third kappa shape index (κ3) is 3.79. The molecule has 0 bridgehead atoms. The lowest BCUT2D eigenvalue weighted by atomic mass is 10.4. The van der Waals surface area contributed by atoms with Crippen LogP contribution in [-0.4, -0.2) is 27.5 Å². The van der Waals surface area contributed by atoms with Gasteiger partial charge in [-0.2, -0.15) is 4.72 Å². The van der Waals surface area contributed by atoms with Gasteiger partial charge in [-0.3, -0.25) is 4.79 Å². The van der Waals surface area contributed by atoms with Crippen LogP contribution in [0.5, 0.6) is 0 Å². The number of esters is 1. The zero-order chi connectivity index (χ0) is 13.1. The number of hydrogen-bond acceptors (Lipinski definition) is 4. The summed E-state index contributed by atoms with van der Waals surface area (Å²) >= 11 is 3.18. The number of methoxy groups -OCH3 is 1. The summed E-state index contributed by atoms with van der Waals surface area (Å²) < 4.78 is 31.1. The maximum atomic E-state index is 11.9. The van der Waals surface area contributed by atoms with E-state index in [-0.39, 0.29) is 4.90 Å². The average Bonchev–Trinajstić information content (AvgIpc) is 2.27. The van der Waals surface area contributed by atoms with Crippen LogP contribution in [0, 0.1) is 0 Å². The molecule has 0 heterocycles. The molecule has 0 aliphatic rings. The molecule has 1 rings (SSSR count). The SMILES string of the molecule is COC(=O)[C@H](C)NS(=O)(=O)c1cccc(Br)c1. The van der Waals surface area contributed by atoms with Crippen LogP contribution in [0.3, 0.4) is 0 Å². The molecule has 0 aromatic heterocycles. The first kappa shape index (κ1) is 14.1. The second kappa shape index (κ2) is 5.61. The van der Waals surface area contributed by atoms with Gasteiger partial charge in [0, 0.05) is 4.47 Å². The molecule has 1 aromatic rings. The molecule has 7 heteroatoms. The van der Waals surface area contributed by atoms with Crippen molar-refractivity contribution in [1.29, 1.82) is 0 Å². The topological polar surface area (TPSA) is 72.5 Å². The highest BCUT2D eigenvalue weighted by molar-refractivity contribution is 9.10. The number of nitrogens with one attached hydrogen (secondary N) is 1. The number of hydrogen-bond donors (Lipinski definition) is 1. The Labute approximate surface area is 108 Å². The monoisotopic (exact) mass is 321 g/mol. The van der Waals surface area contributed by atoms with Gasteiger partial charge in [-0.05, 0) is 25.1 Å². The van der Waals surface area contributed by atoms with Gasteiger partial charge < -0.3 is 4.74 Å².